The van der Waals surface area contributed by atoms with Crippen molar-refractivity contribution in [3.05, 3.63) is 11.6 Å². The maximum absolute atomic E-state index is 2.38. The summed E-state index contributed by atoms with van der Waals surface area (Å²) in [6, 6.07) is 0. The predicted octanol–water partition coefficient (Wildman–Crippen LogP) is 4.42. The summed E-state index contributed by atoms with van der Waals surface area (Å²) in [5.74, 6) is 1.57. The minimum Gasteiger partial charge on any atom is -0.0830 e. The van der Waals surface area contributed by atoms with Gasteiger partial charge in [0.05, 0.1) is 0 Å². The van der Waals surface area contributed by atoms with Gasteiger partial charge in [-0.25, -0.2) is 0 Å². The quantitative estimate of drug-likeness (QED) is 0.533. The second kappa shape index (κ2) is 6.28. The van der Waals surface area contributed by atoms with Gasteiger partial charge in [-0.3, -0.25) is 0 Å². The van der Waals surface area contributed by atoms with E-state index in [1.807, 2.05) is 0 Å². The molecule has 0 saturated carbocycles. The smallest absolute Gasteiger partial charge is 0.0288 e. The molecule has 0 heteroatoms. The van der Waals surface area contributed by atoms with Crippen LogP contribution in [-0.2, 0) is 0 Å². The second-order valence-corrected chi connectivity index (χ2v) is 4.36. The molecule has 0 saturated heterocycles. The van der Waals surface area contributed by atoms with E-state index in [1.165, 1.54) is 19.3 Å². The van der Waals surface area contributed by atoms with E-state index in [1.54, 1.807) is 5.57 Å². The lowest BCUT2D eigenvalue weighted by atomic mass is 9.96. The first-order valence-corrected chi connectivity index (χ1v) is 5.23. The fourth-order valence-electron chi connectivity index (χ4n) is 1.78. The zero-order chi connectivity index (χ0) is 9.56. The molecule has 0 N–H and O–H groups in total. The Hall–Kier alpha value is -0.260. The molecule has 0 fully saturated rings. The molecule has 1 unspecified atom stereocenters. The van der Waals surface area contributed by atoms with Crippen LogP contribution >= 0.6 is 0 Å². The molecule has 0 rings (SSSR count). The molecular weight excluding hydrogens is 144 g/mol. The minimum atomic E-state index is 0.707. The molecule has 0 aliphatic rings. The van der Waals surface area contributed by atoms with E-state index < -0.39 is 0 Å². The van der Waals surface area contributed by atoms with Crippen LogP contribution in [0.2, 0.25) is 0 Å². The highest BCUT2D eigenvalue weighted by molar-refractivity contribution is 5.00. The molecule has 0 aliphatic heterocycles. The fraction of sp³-hybridized carbons (Fsp3) is 0.833. The van der Waals surface area contributed by atoms with Gasteiger partial charge in [0.25, 0.3) is 0 Å². The Kier molecular flexibility index (Phi) is 6.14. The van der Waals surface area contributed by atoms with Gasteiger partial charge in [-0.2, -0.15) is 0 Å². The van der Waals surface area contributed by atoms with Crippen LogP contribution in [0.1, 0.15) is 53.9 Å². The Morgan fingerprint density at radius 2 is 1.83 bits per heavy atom. The molecule has 0 amide bonds. The van der Waals surface area contributed by atoms with E-state index in [-0.39, 0.29) is 0 Å². The molecule has 0 heterocycles. The van der Waals surface area contributed by atoms with Gasteiger partial charge in [-0.05, 0) is 25.2 Å². The van der Waals surface area contributed by atoms with E-state index in [0.717, 1.165) is 5.92 Å². The summed E-state index contributed by atoms with van der Waals surface area (Å²) in [4.78, 5) is 0. The van der Waals surface area contributed by atoms with Crippen LogP contribution in [0.3, 0.4) is 0 Å². The summed E-state index contributed by atoms with van der Waals surface area (Å²) in [6.07, 6.45) is 6.34. The SMILES string of the molecule is CCCC(C)CC(C)=CC(C)C. The van der Waals surface area contributed by atoms with Crippen molar-refractivity contribution in [3.63, 3.8) is 0 Å². The highest BCUT2D eigenvalue weighted by atomic mass is 14.1. The summed E-state index contributed by atoms with van der Waals surface area (Å²) >= 11 is 0. The second-order valence-electron chi connectivity index (χ2n) is 4.36. The lowest BCUT2D eigenvalue weighted by molar-refractivity contribution is 0.518. The van der Waals surface area contributed by atoms with Gasteiger partial charge in [0, 0.05) is 0 Å². The zero-order valence-electron chi connectivity index (χ0n) is 9.35. The fourth-order valence-corrected chi connectivity index (χ4v) is 1.78. The molecule has 0 aromatic carbocycles. The van der Waals surface area contributed by atoms with Crippen LogP contribution < -0.4 is 0 Å². The molecular formula is C12H24. The van der Waals surface area contributed by atoms with Crippen molar-refractivity contribution in [2.75, 3.05) is 0 Å². The molecule has 12 heavy (non-hydrogen) atoms. The van der Waals surface area contributed by atoms with Gasteiger partial charge in [-0.15, -0.1) is 0 Å². The third-order valence-corrected chi connectivity index (χ3v) is 2.07. The average Bonchev–Trinajstić information content (AvgIpc) is 1.84. The van der Waals surface area contributed by atoms with E-state index in [9.17, 15) is 0 Å². The predicted molar refractivity (Wildman–Crippen MR) is 57.3 cm³/mol. The molecule has 1 atom stereocenters. The first kappa shape index (κ1) is 11.7. The number of hydrogen-bond acceptors (Lipinski definition) is 0. The number of rotatable bonds is 5. The van der Waals surface area contributed by atoms with Crippen molar-refractivity contribution in [2.45, 2.75) is 53.9 Å². The minimum absolute atomic E-state index is 0.707. The van der Waals surface area contributed by atoms with Crippen molar-refractivity contribution in [2.24, 2.45) is 11.8 Å². The van der Waals surface area contributed by atoms with Gasteiger partial charge >= 0.3 is 0 Å². The number of hydrogen-bond donors (Lipinski definition) is 0. The van der Waals surface area contributed by atoms with E-state index in [2.05, 4.69) is 40.7 Å². The van der Waals surface area contributed by atoms with Gasteiger partial charge < -0.3 is 0 Å². The molecule has 0 spiro atoms. The van der Waals surface area contributed by atoms with Crippen LogP contribution in [0.25, 0.3) is 0 Å². The monoisotopic (exact) mass is 168 g/mol. The highest BCUT2D eigenvalue weighted by Crippen LogP contribution is 2.17. The summed E-state index contributed by atoms with van der Waals surface area (Å²) in [6.45, 7) is 11.4. The Morgan fingerprint density at radius 1 is 1.25 bits per heavy atom. The van der Waals surface area contributed by atoms with Crippen LogP contribution in [0, 0.1) is 11.8 Å². The van der Waals surface area contributed by atoms with Crippen molar-refractivity contribution >= 4 is 0 Å². The van der Waals surface area contributed by atoms with Gasteiger partial charge in [0.2, 0.25) is 0 Å². The third kappa shape index (κ3) is 6.45. The van der Waals surface area contributed by atoms with Crippen LogP contribution in [0.5, 0.6) is 0 Å². The maximum atomic E-state index is 2.38. The van der Waals surface area contributed by atoms with Gasteiger partial charge in [0.15, 0.2) is 0 Å². The van der Waals surface area contributed by atoms with Crippen molar-refractivity contribution in [1.29, 1.82) is 0 Å². The van der Waals surface area contributed by atoms with Gasteiger partial charge in [-0.1, -0.05) is 52.2 Å². The molecule has 72 valence electrons. The molecule has 0 aromatic heterocycles. The van der Waals surface area contributed by atoms with Crippen LogP contribution in [-0.4, -0.2) is 0 Å². The summed E-state index contributed by atoms with van der Waals surface area (Å²) < 4.78 is 0. The summed E-state index contributed by atoms with van der Waals surface area (Å²) in [5, 5.41) is 0. The maximum Gasteiger partial charge on any atom is -0.0288 e. The average molecular weight is 168 g/mol. The molecule has 0 nitrogen and oxygen atoms in total. The molecule has 0 bridgehead atoms. The Bertz CT molecular complexity index is 131. The first-order chi connectivity index (χ1) is 5.56. The summed E-state index contributed by atoms with van der Waals surface area (Å²) in [5.41, 5.74) is 1.56. The van der Waals surface area contributed by atoms with Crippen molar-refractivity contribution < 1.29 is 0 Å². The third-order valence-electron chi connectivity index (χ3n) is 2.07. The van der Waals surface area contributed by atoms with E-state index in [4.69, 9.17) is 0 Å². The standard InChI is InChI=1S/C12H24/c1-6-7-11(4)9-12(5)8-10(2)3/h8,10-11H,6-7,9H2,1-5H3. The Balaban J connectivity index is 3.74. The molecule has 0 aromatic rings. The van der Waals surface area contributed by atoms with Crippen LogP contribution in [0.15, 0.2) is 11.6 Å². The lowest BCUT2D eigenvalue weighted by Crippen LogP contribution is -1.95. The highest BCUT2D eigenvalue weighted by Gasteiger charge is 2.01. The van der Waals surface area contributed by atoms with Crippen LogP contribution in [0.4, 0.5) is 0 Å². The topological polar surface area (TPSA) is 0 Å². The van der Waals surface area contributed by atoms with Crippen molar-refractivity contribution in [1.82, 2.24) is 0 Å². The van der Waals surface area contributed by atoms with Gasteiger partial charge in [0.1, 0.15) is 0 Å². The zero-order valence-corrected chi connectivity index (χ0v) is 9.35. The Morgan fingerprint density at radius 3 is 2.25 bits per heavy atom. The largest absolute Gasteiger partial charge is 0.0830 e. The molecule has 0 radical (unpaired) electrons. The van der Waals surface area contributed by atoms with E-state index in [0.29, 0.717) is 5.92 Å². The normalized spacial score (nSPS) is 15.3. The first-order valence-electron chi connectivity index (χ1n) is 5.23. The Labute approximate surface area is 78.1 Å². The summed E-state index contributed by atoms with van der Waals surface area (Å²) in [7, 11) is 0. The van der Waals surface area contributed by atoms with Crippen molar-refractivity contribution in [3.8, 4) is 0 Å². The molecule has 0 aliphatic carbocycles. The number of allylic oxidation sites excluding steroid dienone is 2. The lowest BCUT2D eigenvalue weighted by Gasteiger charge is -2.10. The van der Waals surface area contributed by atoms with E-state index >= 15 is 0 Å².